The number of aliphatic hydroxyl groups excluding tert-OH is 2. The van der Waals surface area contributed by atoms with Crippen LogP contribution in [0.25, 0.3) is 0 Å². The summed E-state index contributed by atoms with van der Waals surface area (Å²) < 4.78 is 30.2. The van der Waals surface area contributed by atoms with Crippen LogP contribution in [0.3, 0.4) is 0 Å². The second-order valence-corrected chi connectivity index (χ2v) is 17.3. The molecule has 1 saturated heterocycles. The number of ether oxygens (including phenoxy) is 5. The van der Waals surface area contributed by atoms with E-state index in [4.69, 9.17) is 23.7 Å². The van der Waals surface area contributed by atoms with E-state index in [0.29, 0.717) is 12.8 Å². The van der Waals surface area contributed by atoms with Crippen molar-refractivity contribution in [2.45, 2.75) is 147 Å². The summed E-state index contributed by atoms with van der Waals surface area (Å²) in [4.78, 5) is 81.7. The summed E-state index contributed by atoms with van der Waals surface area (Å²) in [5.74, 6) is -6.67. The zero-order valence-electron chi connectivity index (χ0n) is 33.6. The van der Waals surface area contributed by atoms with Gasteiger partial charge < -0.3 is 44.3 Å². The summed E-state index contributed by atoms with van der Waals surface area (Å²) in [7, 11) is 0. The molecule has 57 heavy (non-hydrogen) atoms. The number of ketones is 1. The van der Waals surface area contributed by atoms with Crippen molar-refractivity contribution in [3.05, 3.63) is 47.0 Å². The van der Waals surface area contributed by atoms with E-state index in [1.165, 1.54) is 26.0 Å². The van der Waals surface area contributed by atoms with Crippen LogP contribution in [0.2, 0.25) is 0 Å². The first kappa shape index (κ1) is 42.4. The van der Waals surface area contributed by atoms with Gasteiger partial charge in [0.05, 0.1) is 35.6 Å². The third-order valence-electron chi connectivity index (χ3n) is 13.6. The molecule has 0 spiro atoms. The minimum absolute atomic E-state index is 0.0376. The SMILES string of the molecule is CC(=O)NC(C1CCCCC1)C(O)C(=O)OC1CC2(O)C(OC(=O)c3ccccc3)C3C4(OC(C)=O)COC4CC(O)[C@@]3(C)C(=O)C(OC(C)=O)C(=C1C)C2(C)C. The first-order valence-corrected chi connectivity index (χ1v) is 19.8. The molecular weight excluding hydrogens is 742 g/mol. The lowest BCUT2D eigenvalue weighted by molar-refractivity contribution is -0.346. The quantitative estimate of drug-likeness (QED) is 0.160. The molecule has 10 unspecified atom stereocenters. The molecule has 4 fully saturated rings. The minimum atomic E-state index is -2.34. The van der Waals surface area contributed by atoms with Crippen LogP contribution in [0.5, 0.6) is 0 Å². The Hall–Kier alpha value is -4.18. The van der Waals surface area contributed by atoms with E-state index in [1.54, 1.807) is 39.0 Å². The van der Waals surface area contributed by atoms with Gasteiger partial charge in [-0.3, -0.25) is 19.2 Å². The van der Waals surface area contributed by atoms with Gasteiger partial charge in [-0.1, -0.05) is 51.3 Å². The van der Waals surface area contributed by atoms with E-state index in [-0.39, 0.29) is 35.7 Å². The zero-order valence-corrected chi connectivity index (χ0v) is 33.6. The van der Waals surface area contributed by atoms with Crippen molar-refractivity contribution in [3.63, 3.8) is 0 Å². The number of amides is 1. The minimum Gasteiger partial charge on any atom is -0.456 e. The van der Waals surface area contributed by atoms with Gasteiger partial charge in [0.2, 0.25) is 5.91 Å². The van der Waals surface area contributed by atoms with Crippen molar-refractivity contribution >= 4 is 35.6 Å². The van der Waals surface area contributed by atoms with Crippen molar-refractivity contribution in [2.24, 2.45) is 22.7 Å². The van der Waals surface area contributed by atoms with E-state index >= 15 is 4.79 Å². The van der Waals surface area contributed by atoms with Crippen LogP contribution in [0.1, 0.15) is 104 Å². The van der Waals surface area contributed by atoms with Gasteiger partial charge in [0.25, 0.3) is 0 Å². The molecule has 15 heteroatoms. The number of benzene rings is 1. The van der Waals surface area contributed by atoms with Crippen molar-refractivity contribution in [1.82, 2.24) is 5.32 Å². The zero-order chi connectivity index (χ0) is 41.8. The molecule has 1 aromatic rings. The molecule has 4 aliphatic carbocycles. The lowest BCUT2D eigenvalue weighted by Gasteiger charge is -2.67. The summed E-state index contributed by atoms with van der Waals surface area (Å²) in [5.41, 5.74) is -7.36. The van der Waals surface area contributed by atoms with Gasteiger partial charge in [-0.25, -0.2) is 9.59 Å². The van der Waals surface area contributed by atoms with Crippen molar-refractivity contribution in [3.8, 4) is 0 Å². The Labute approximate surface area is 331 Å². The van der Waals surface area contributed by atoms with Gasteiger partial charge in [-0.15, -0.1) is 0 Å². The molecule has 0 radical (unpaired) electrons. The highest BCUT2D eigenvalue weighted by Gasteiger charge is 2.78. The van der Waals surface area contributed by atoms with Gasteiger partial charge in [0.15, 0.2) is 23.6 Å². The number of hydrogen-bond donors (Lipinski definition) is 4. The van der Waals surface area contributed by atoms with Crippen LogP contribution in [0.4, 0.5) is 0 Å². The van der Waals surface area contributed by atoms with Crippen LogP contribution in [-0.4, -0.2) is 111 Å². The lowest BCUT2D eigenvalue weighted by Crippen LogP contribution is -2.82. The highest BCUT2D eigenvalue weighted by Crippen LogP contribution is 2.64. The maximum atomic E-state index is 15.4. The summed E-state index contributed by atoms with van der Waals surface area (Å²) in [6.07, 6.45) is -5.99. The average Bonchev–Trinajstić information content (AvgIpc) is 3.15. The standard InChI is InChI=1S/C42H55NO14/c1-21-27(55-38(51)32(48)31(43-22(2)44)25-14-10-8-11-15-25)19-42(52)36(56-37(50)26-16-12-9-13-17-26)34-40(7,28(47)18-29-41(34,20-53-29)57-24(4)46)35(49)33(54-23(3)45)30(21)39(42,5)6/h9,12-13,16-17,25,27-29,31-34,36,47-48,52H,8,10-11,14-15,18-20H2,1-7H3,(H,43,44)/t27?,28?,29?,31?,32?,33?,34?,36?,40-,41?,42?/m1/s1. The number of carbonyl (C=O) groups is 6. The molecule has 2 bridgehead atoms. The molecule has 11 atom stereocenters. The molecule has 3 saturated carbocycles. The fourth-order valence-electron chi connectivity index (χ4n) is 10.6. The van der Waals surface area contributed by atoms with Crippen LogP contribution >= 0.6 is 0 Å². The molecule has 1 aromatic carbocycles. The molecule has 1 amide bonds. The first-order chi connectivity index (χ1) is 26.7. The Bertz CT molecular complexity index is 1820. The van der Waals surface area contributed by atoms with Crippen molar-refractivity contribution in [2.75, 3.05) is 6.61 Å². The Morgan fingerprint density at radius 3 is 2.14 bits per heavy atom. The Morgan fingerprint density at radius 2 is 1.58 bits per heavy atom. The van der Waals surface area contributed by atoms with Gasteiger partial charge in [0, 0.05) is 39.0 Å². The maximum Gasteiger partial charge on any atom is 0.338 e. The largest absolute Gasteiger partial charge is 0.456 e. The number of Topliss-reactive ketones (excluding diaryl/α,β-unsaturated/α-hetero) is 1. The fraction of sp³-hybridized carbons (Fsp3) is 0.667. The van der Waals surface area contributed by atoms with Gasteiger partial charge in [0.1, 0.15) is 23.9 Å². The average molecular weight is 798 g/mol. The monoisotopic (exact) mass is 797 g/mol. The Morgan fingerprint density at radius 1 is 0.930 bits per heavy atom. The molecule has 4 N–H and O–H groups in total. The molecule has 0 aromatic heterocycles. The predicted octanol–water partition coefficient (Wildman–Crippen LogP) is 2.65. The molecule has 6 rings (SSSR count). The predicted molar refractivity (Wildman–Crippen MR) is 199 cm³/mol. The molecule has 1 aliphatic heterocycles. The molecule has 15 nitrogen and oxygen atoms in total. The topological polar surface area (TPSA) is 221 Å². The summed E-state index contributed by atoms with van der Waals surface area (Å²) in [5, 5.41) is 39.8. The fourth-order valence-corrected chi connectivity index (χ4v) is 10.6. The number of nitrogens with one attached hydrogen (secondary N) is 1. The number of aliphatic hydroxyl groups is 3. The van der Waals surface area contributed by atoms with Crippen molar-refractivity contribution < 1.29 is 67.8 Å². The normalized spacial score (nSPS) is 35.7. The summed E-state index contributed by atoms with van der Waals surface area (Å²) in [6.45, 7) is 9.39. The van der Waals surface area contributed by atoms with E-state index in [9.17, 15) is 39.3 Å². The van der Waals surface area contributed by atoms with Crippen LogP contribution in [0.15, 0.2) is 41.5 Å². The van der Waals surface area contributed by atoms with E-state index < -0.39 is 113 Å². The lowest BCUT2D eigenvalue weighted by atomic mass is 9.44. The second-order valence-electron chi connectivity index (χ2n) is 17.3. The molecular formula is C42H55NO14. The Balaban J connectivity index is 1.55. The smallest absolute Gasteiger partial charge is 0.338 e. The third kappa shape index (κ3) is 7.08. The second kappa shape index (κ2) is 15.5. The van der Waals surface area contributed by atoms with E-state index in [0.717, 1.165) is 33.1 Å². The number of hydrogen-bond acceptors (Lipinski definition) is 14. The highest BCUT2D eigenvalue weighted by atomic mass is 16.6. The molecule has 1 heterocycles. The number of carbonyl (C=O) groups excluding carboxylic acids is 6. The maximum absolute atomic E-state index is 15.4. The highest BCUT2D eigenvalue weighted by molar-refractivity contribution is 5.95. The number of fused-ring (bicyclic) bond motifs is 5. The molecule has 5 aliphatic rings. The summed E-state index contributed by atoms with van der Waals surface area (Å²) >= 11 is 0. The van der Waals surface area contributed by atoms with Crippen LogP contribution in [0, 0.1) is 22.7 Å². The third-order valence-corrected chi connectivity index (χ3v) is 13.6. The van der Waals surface area contributed by atoms with Crippen LogP contribution in [-0.2, 0) is 47.7 Å². The first-order valence-electron chi connectivity index (χ1n) is 19.8. The van der Waals surface area contributed by atoms with Crippen molar-refractivity contribution in [1.29, 1.82) is 0 Å². The Kier molecular flexibility index (Phi) is 11.6. The van der Waals surface area contributed by atoms with Gasteiger partial charge in [-0.05, 0) is 55.9 Å². The van der Waals surface area contributed by atoms with Gasteiger partial charge in [-0.2, -0.15) is 0 Å². The van der Waals surface area contributed by atoms with E-state index in [1.807, 2.05) is 0 Å². The molecule has 312 valence electrons. The van der Waals surface area contributed by atoms with Gasteiger partial charge >= 0.3 is 23.9 Å². The van der Waals surface area contributed by atoms with Crippen LogP contribution < -0.4 is 5.32 Å². The summed E-state index contributed by atoms with van der Waals surface area (Å²) in [6, 6.07) is 6.92. The number of esters is 4. The number of rotatable bonds is 9. The van der Waals surface area contributed by atoms with E-state index in [2.05, 4.69) is 5.32 Å².